The lowest BCUT2D eigenvalue weighted by atomic mass is 9.96. The van der Waals surface area contributed by atoms with Gasteiger partial charge in [0.1, 0.15) is 0 Å². The minimum absolute atomic E-state index is 0. The first-order valence-corrected chi connectivity index (χ1v) is 7.27. The Bertz CT molecular complexity index is 234. The summed E-state index contributed by atoms with van der Waals surface area (Å²) in [5, 5.41) is 2.94. The van der Waals surface area contributed by atoms with Crippen molar-refractivity contribution >= 4 is 30.7 Å². The monoisotopic (exact) mass is 329 g/mol. The molecule has 3 N–H and O–H groups in total. The molecule has 0 bridgehead atoms. The predicted molar refractivity (Wildman–Crippen MR) is 92.0 cm³/mol. The number of hydrogen-bond donors (Lipinski definition) is 2. The van der Waals surface area contributed by atoms with Crippen molar-refractivity contribution in [1.82, 2.24) is 10.2 Å². The topological polar surface area (TPSA) is 58.4 Å². The van der Waals surface area contributed by atoms with Crippen molar-refractivity contribution in [2.75, 3.05) is 26.2 Å². The van der Waals surface area contributed by atoms with Gasteiger partial charge in [-0.15, -0.1) is 24.8 Å². The highest BCUT2D eigenvalue weighted by Crippen LogP contribution is 2.08. The maximum atomic E-state index is 11.8. The summed E-state index contributed by atoms with van der Waals surface area (Å²) in [7, 11) is 0. The minimum Gasteiger partial charge on any atom is -0.355 e. The van der Waals surface area contributed by atoms with E-state index in [1.165, 1.54) is 0 Å². The molecular formula is C14H33Cl2N3O. The molecule has 1 amide bonds. The SMILES string of the molecule is CCCC(C)(N)C(=O)NCCCCN(CC)CC.Cl.Cl. The number of nitrogens with one attached hydrogen (secondary N) is 1. The zero-order chi connectivity index (χ0) is 14.0. The van der Waals surface area contributed by atoms with Crippen LogP contribution in [0.1, 0.15) is 53.4 Å². The van der Waals surface area contributed by atoms with Gasteiger partial charge in [0.05, 0.1) is 5.54 Å². The number of unbranched alkanes of at least 4 members (excludes halogenated alkanes) is 1. The van der Waals surface area contributed by atoms with Gasteiger partial charge in [-0.2, -0.15) is 0 Å². The van der Waals surface area contributed by atoms with Crippen molar-refractivity contribution in [3.05, 3.63) is 0 Å². The molecule has 0 aliphatic carbocycles. The Kier molecular flexibility index (Phi) is 17.4. The van der Waals surface area contributed by atoms with Crippen molar-refractivity contribution in [3.8, 4) is 0 Å². The summed E-state index contributed by atoms with van der Waals surface area (Å²) in [5.74, 6) is -0.0211. The summed E-state index contributed by atoms with van der Waals surface area (Å²) in [6, 6.07) is 0. The van der Waals surface area contributed by atoms with Crippen LogP contribution in [0.5, 0.6) is 0 Å². The number of hydrogen-bond acceptors (Lipinski definition) is 3. The second-order valence-electron chi connectivity index (χ2n) is 5.16. The van der Waals surface area contributed by atoms with Crippen LogP contribution >= 0.6 is 24.8 Å². The van der Waals surface area contributed by atoms with Gasteiger partial charge in [-0.1, -0.05) is 27.2 Å². The van der Waals surface area contributed by atoms with Crippen molar-refractivity contribution in [3.63, 3.8) is 0 Å². The van der Waals surface area contributed by atoms with E-state index in [1.54, 1.807) is 0 Å². The maximum Gasteiger partial charge on any atom is 0.239 e. The van der Waals surface area contributed by atoms with Gasteiger partial charge < -0.3 is 16.0 Å². The molecule has 1 atom stereocenters. The van der Waals surface area contributed by atoms with Crippen LogP contribution in [0.25, 0.3) is 0 Å². The highest BCUT2D eigenvalue weighted by Gasteiger charge is 2.26. The number of carbonyl (C=O) groups is 1. The lowest BCUT2D eigenvalue weighted by molar-refractivity contribution is -0.126. The molecule has 0 aromatic heterocycles. The third kappa shape index (κ3) is 10.7. The second kappa shape index (κ2) is 13.9. The Morgan fingerprint density at radius 2 is 1.70 bits per heavy atom. The normalized spacial score (nSPS) is 13.1. The molecule has 0 saturated heterocycles. The highest BCUT2D eigenvalue weighted by molar-refractivity contribution is 5.86. The number of rotatable bonds is 10. The van der Waals surface area contributed by atoms with Crippen LogP contribution in [0.4, 0.5) is 0 Å². The number of nitrogens with two attached hydrogens (primary N) is 1. The lowest BCUT2D eigenvalue weighted by Crippen LogP contribution is -2.51. The molecule has 4 nitrogen and oxygen atoms in total. The van der Waals surface area contributed by atoms with Crippen molar-refractivity contribution in [1.29, 1.82) is 0 Å². The van der Waals surface area contributed by atoms with Gasteiger partial charge in [0.15, 0.2) is 0 Å². The van der Waals surface area contributed by atoms with E-state index in [2.05, 4.69) is 24.1 Å². The molecule has 0 radical (unpaired) electrons. The summed E-state index contributed by atoms with van der Waals surface area (Å²) in [4.78, 5) is 14.2. The Labute approximate surface area is 137 Å². The van der Waals surface area contributed by atoms with Gasteiger partial charge in [0, 0.05) is 6.54 Å². The molecule has 0 aromatic rings. The third-order valence-corrected chi connectivity index (χ3v) is 3.37. The van der Waals surface area contributed by atoms with Gasteiger partial charge in [-0.05, 0) is 45.8 Å². The Hall–Kier alpha value is -0.0300. The molecule has 0 fully saturated rings. The zero-order valence-corrected chi connectivity index (χ0v) is 15.0. The summed E-state index contributed by atoms with van der Waals surface area (Å²) in [5.41, 5.74) is 5.24. The van der Waals surface area contributed by atoms with Crippen molar-refractivity contribution in [2.45, 2.75) is 58.9 Å². The fraction of sp³-hybridized carbons (Fsp3) is 0.929. The quantitative estimate of drug-likeness (QED) is 0.605. The number of halogens is 2. The predicted octanol–water partition coefficient (Wildman–Crippen LogP) is 2.59. The molecule has 0 heterocycles. The molecule has 6 heteroatoms. The van der Waals surface area contributed by atoms with Gasteiger partial charge in [0.25, 0.3) is 0 Å². The summed E-state index contributed by atoms with van der Waals surface area (Å²) < 4.78 is 0. The summed E-state index contributed by atoms with van der Waals surface area (Å²) in [6.45, 7) is 12.2. The summed E-state index contributed by atoms with van der Waals surface area (Å²) >= 11 is 0. The second-order valence-corrected chi connectivity index (χ2v) is 5.16. The van der Waals surface area contributed by atoms with Crippen LogP contribution in [0.3, 0.4) is 0 Å². The first-order chi connectivity index (χ1) is 8.47. The molecule has 0 rings (SSSR count). The van der Waals surface area contributed by atoms with E-state index in [9.17, 15) is 4.79 Å². The molecule has 0 aliphatic rings. The summed E-state index contributed by atoms with van der Waals surface area (Å²) in [6.07, 6.45) is 3.81. The van der Waals surface area contributed by atoms with Crippen LogP contribution < -0.4 is 11.1 Å². The van der Waals surface area contributed by atoms with E-state index in [-0.39, 0.29) is 30.7 Å². The Balaban J connectivity index is -0.00000144. The van der Waals surface area contributed by atoms with Crippen LogP contribution in [-0.4, -0.2) is 42.5 Å². The van der Waals surface area contributed by atoms with Gasteiger partial charge >= 0.3 is 0 Å². The van der Waals surface area contributed by atoms with Gasteiger partial charge in [-0.25, -0.2) is 0 Å². The van der Waals surface area contributed by atoms with Crippen LogP contribution in [-0.2, 0) is 4.79 Å². The molecule has 0 aromatic carbocycles. The van der Waals surface area contributed by atoms with Gasteiger partial charge in [0.2, 0.25) is 5.91 Å². The van der Waals surface area contributed by atoms with E-state index in [0.29, 0.717) is 0 Å². The largest absolute Gasteiger partial charge is 0.355 e. The number of nitrogens with zero attached hydrogens (tertiary/aromatic N) is 1. The van der Waals surface area contributed by atoms with Crippen LogP contribution in [0.15, 0.2) is 0 Å². The van der Waals surface area contributed by atoms with Gasteiger partial charge in [-0.3, -0.25) is 4.79 Å². The number of carbonyl (C=O) groups excluding carboxylic acids is 1. The fourth-order valence-corrected chi connectivity index (χ4v) is 2.04. The maximum absolute atomic E-state index is 11.8. The molecule has 124 valence electrons. The molecule has 0 aliphatic heterocycles. The smallest absolute Gasteiger partial charge is 0.239 e. The van der Waals surface area contributed by atoms with E-state index in [4.69, 9.17) is 5.73 Å². The minimum atomic E-state index is -0.715. The van der Waals surface area contributed by atoms with E-state index in [1.807, 2.05) is 13.8 Å². The number of amides is 1. The van der Waals surface area contributed by atoms with E-state index < -0.39 is 5.54 Å². The highest BCUT2D eigenvalue weighted by atomic mass is 35.5. The van der Waals surface area contributed by atoms with Crippen LogP contribution in [0, 0.1) is 0 Å². The third-order valence-electron chi connectivity index (χ3n) is 3.37. The fourth-order valence-electron chi connectivity index (χ4n) is 2.04. The lowest BCUT2D eigenvalue weighted by Gasteiger charge is -2.23. The Morgan fingerprint density at radius 3 is 2.15 bits per heavy atom. The van der Waals surface area contributed by atoms with Crippen molar-refractivity contribution in [2.24, 2.45) is 5.73 Å². The molecule has 0 saturated carbocycles. The average molecular weight is 330 g/mol. The standard InChI is InChI=1S/C14H31N3O.2ClH/c1-5-10-14(4,15)13(18)16-11-8-9-12-17(6-2)7-3;;/h5-12,15H2,1-4H3,(H,16,18);2*1H. The first kappa shape index (κ1) is 25.0. The van der Waals surface area contributed by atoms with E-state index >= 15 is 0 Å². The zero-order valence-electron chi connectivity index (χ0n) is 13.4. The average Bonchev–Trinajstić information content (AvgIpc) is 2.33. The van der Waals surface area contributed by atoms with Crippen molar-refractivity contribution < 1.29 is 4.79 Å². The Morgan fingerprint density at radius 1 is 1.15 bits per heavy atom. The molecule has 0 spiro atoms. The first-order valence-electron chi connectivity index (χ1n) is 7.27. The van der Waals surface area contributed by atoms with E-state index in [0.717, 1.165) is 51.9 Å². The molecule has 1 unspecified atom stereocenters. The van der Waals surface area contributed by atoms with Crippen LogP contribution in [0.2, 0.25) is 0 Å². The molecular weight excluding hydrogens is 297 g/mol. The molecule has 20 heavy (non-hydrogen) atoms.